The maximum atomic E-state index is 11.3. The van der Waals surface area contributed by atoms with Crippen LogP contribution in [0, 0.1) is 5.92 Å². The number of urea groups is 1. The normalized spacial score (nSPS) is 10.7. The van der Waals surface area contributed by atoms with E-state index in [0.29, 0.717) is 12.0 Å². The van der Waals surface area contributed by atoms with E-state index in [0.717, 1.165) is 25.8 Å². The lowest BCUT2D eigenvalue weighted by molar-refractivity contribution is 0.235. The molecule has 0 aromatic carbocycles. The van der Waals surface area contributed by atoms with Crippen molar-refractivity contribution in [3.8, 4) is 0 Å². The highest BCUT2D eigenvalue weighted by Gasteiger charge is 2.06. The van der Waals surface area contributed by atoms with Crippen molar-refractivity contribution >= 4 is 6.03 Å². The molecule has 2 N–H and O–H groups in total. The molecule has 14 heavy (non-hydrogen) atoms. The van der Waals surface area contributed by atoms with Crippen LogP contribution in [0.1, 0.15) is 47.0 Å². The van der Waals surface area contributed by atoms with Gasteiger partial charge in [-0.15, -0.1) is 0 Å². The molecule has 0 spiro atoms. The molecule has 0 heterocycles. The zero-order valence-corrected chi connectivity index (χ0v) is 9.89. The van der Waals surface area contributed by atoms with Crippen molar-refractivity contribution in [3.63, 3.8) is 0 Å². The van der Waals surface area contributed by atoms with Gasteiger partial charge in [0.25, 0.3) is 0 Å². The van der Waals surface area contributed by atoms with E-state index >= 15 is 0 Å². The second-order valence-electron chi connectivity index (χ2n) is 4.10. The van der Waals surface area contributed by atoms with Gasteiger partial charge < -0.3 is 10.6 Å². The van der Waals surface area contributed by atoms with Crippen molar-refractivity contribution in [2.75, 3.05) is 6.54 Å². The summed E-state index contributed by atoms with van der Waals surface area (Å²) in [6.45, 7) is 9.25. The molecular weight excluding hydrogens is 176 g/mol. The van der Waals surface area contributed by atoms with Crippen molar-refractivity contribution < 1.29 is 4.79 Å². The minimum atomic E-state index is -0.0284. The number of rotatable bonds is 6. The molecule has 3 heteroatoms. The first-order chi connectivity index (χ1) is 6.60. The average Bonchev–Trinajstić information content (AvgIpc) is 2.13. The molecule has 0 aromatic rings. The highest BCUT2D eigenvalue weighted by atomic mass is 16.2. The van der Waals surface area contributed by atoms with Gasteiger partial charge in [-0.05, 0) is 25.2 Å². The third kappa shape index (κ3) is 6.75. The van der Waals surface area contributed by atoms with Gasteiger partial charge in [0.05, 0.1) is 0 Å². The smallest absolute Gasteiger partial charge is 0.315 e. The van der Waals surface area contributed by atoms with E-state index in [1.807, 2.05) is 0 Å². The molecule has 0 atom stereocenters. The molecule has 0 aliphatic carbocycles. The van der Waals surface area contributed by atoms with Crippen molar-refractivity contribution in [1.29, 1.82) is 0 Å². The summed E-state index contributed by atoms with van der Waals surface area (Å²) in [5.41, 5.74) is 0. The fourth-order valence-corrected chi connectivity index (χ4v) is 1.20. The second-order valence-corrected chi connectivity index (χ2v) is 4.10. The van der Waals surface area contributed by atoms with E-state index in [9.17, 15) is 4.79 Å². The Balaban J connectivity index is 3.54. The van der Waals surface area contributed by atoms with Gasteiger partial charge in [0.1, 0.15) is 0 Å². The Hall–Kier alpha value is -0.730. The number of nitrogens with one attached hydrogen (secondary N) is 2. The van der Waals surface area contributed by atoms with Crippen LogP contribution in [0.3, 0.4) is 0 Å². The zero-order chi connectivity index (χ0) is 11.0. The summed E-state index contributed by atoms with van der Waals surface area (Å²) in [5.74, 6) is 0.642. The standard InChI is InChI=1S/C11H24N2O/c1-5-10(6-2)13-11(14)12-8-7-9(3)4/h9-10H,5-8H2,1-4H3,(H2,12,13,14). The summed E-state index contributed by atoms with van der Waals surface area (Å²) in [7, 11) is 0. The minimum absolute atomic E-state index is 0.0284. The first-order valence-electron chi connectivity index (χ1n) is 5.64. The number of amides is 2. The third-order valence-electron chi connectivity index (χ3n) is 2.33. The summed E-state index contributed by atoms with van der Waals surface area (Å²) in [6.07, 6.45) is 3.03. The summed E-state index contributed by atoms with van der Waals surface area (Å²) in [6, 6.07) is 0.286. The maximum absolute atomic E-state index is 11.3. The Morgan fingerprint density at radius 3 is 2.21 bits per heavy atom. The molecule has 3 nitrogen and oxygen atoms in total. The van der Waals surface area contributed by atoms with Gasteiger partial charge in [0, 0.05) is 12.6 Å². The number of hydrogen-bond acceptors (Lipinski definition) is 1. The molecule has 0 aromatic heterocycles. The lowest BCUT2D eigenvalue weighted by Gasteiger charge is -2.15. The van der Waals surface area contributed by atoms with Crippen LogP contribution in [0.25, 0.3) is 0 Å². The first-order valence-corrected chi connectivity index (χ1v) is 5.64. The molecule has 2 amide bonds. The Kier molecular flexibility index (Phi) is 7.25. The highest BCUT2D eigenvalue weighted by Crippen LogP contribution is 1.97. The topological polar surface area (TPSA) is 41.1 Å². The van der Waals surface area contributed by atoms with Gasteiger partial charge in [0.15, 0.2) is 0 Å². The van der Waals surface area contributed by atoms with Gasteiger partial charge in [0.2, 0.25) is 0 Å². The summed E-state index contributed by atoms with van der Waals surface area (Å²) >= 11 is 0. The van der Waals surface area contributed by atoms with Crippen molar-refractivity contribution in [3.05, 3.63) is 0 Å². The van der Waals surface area contributed by atoms with Crippen molar-refractivity contribution in [2.45, 2.75) is 53.0 Å². The van der Waals surface area contributed by atoms with Crippen molar-refractivity contribution in [2.24, 2.45) is 5.92 Å². The zero-order valence-electron chi connectivity index (χ0n) is 9.89. The van der Waals surface area contributed by atoms with E-state index in [1.165, 1.54) is 0 Å². The Morgan fingerprint density at radius 2 is 1.79 bits per heavy atom. The fraction of sp³-hybridized carbons (Fsp3) is 0.909. The Labute approximate surface area is 87.6 Å². The largest absolute Gasteiger partial charge is 0.338 e. The molecule has 84 valence electrons. The molecular formula is C11H24N2O. The maximum Gasteiger partial charge on any atom is 0.315 e. The SMILES string of the molecule is CCC(CC)NC(=O)NCCC(C)C. The Bertz CT molecular complexity index is 153. The molecule has 0 aliphatic rings. The number of carbonyl (C=O) groups excluding carboxylic acids is 1. The van der Waals surface area contributed by atoms with E-state index in [1.54, 1.807) is 0 Å². The summed E-state index contributed by atoms with van der Waals surface area (Å²) in [4.78, 5) is 11.3. The van der Waals surface area contributed by atoms with Crippen LogP contribution in [0.5, 0.6) is 0 Å². The van der Waals surface area contributed by atoms with Gasteiger partial charge in [-0.1, -0.05) is 27.7 Å². The van der Waals surface area contributed by atoms with E-state index in [4.69, 9.17) is 0 Å². The van der Waals surface area contributed by atoms with E-state index < -0.39 is 0 Å². The number of hydrogen-bond donors (Lipinski definition) is 2. The van der Waals surface area contributed by atoms with Gasteiger partial charge >= 0.3 is 6.03 Å². The summed E-state index contributed by atoms with van der Waals surface area (Å²) in [5, 5.41) is 5.80. The second kappa shape index (κ2) is 7.65. The Morgan fingerprint density at radius 1 is 1.21 bits per heavy atom. The third-order valence-corrected chi connectivity index (χ3v) is 2.33. The van der Waals surface area contributed by atoms with Crippen LogP contribution in [0.2, 0.25) is 0 Å². The minimum Gasteiger partial charge on any atom is -0.338 e. The van der Waals surface area contributed by atoms with Crippen LogP contribution < -0.4 is 10.6 Å². The molecule has 0 saturated heterocycles. The van der Waals surface area contributed by atoms with Crippen molar-refractivity contribution in [1.82, 2.24) is 10.6 Å². The van der Waals surface area contributed by atoms with Crippen LogP contribution in [-0.2, 0) is 0 Å². The first kappa shape index (κ1) is 13.3. The van der Waals surface area contributed by atoms with E-state index in [-0.39, 0.29) is 6.03 Å². The average molecular weight is 200 g/mol. The molecule has 0 aliphatic heterocycles. The molecule has 0 unspecified atom stereocenters. The van der Waals surface area contributed by atoms with Gasteiger partial charge in [-0.3, -0.25) is 0 Å². The van der Waals surface area contributed by atoms with Crippen LogP contribution in [0.15, 0.2) is 0 Å². The van der Waals surface area contributed by atoms with Gasteiger partial charge in [-0.2, -0.15) is 0 Å². The molecule has 0 bridgehead atoms. The van der Waals surface area contributed by atoms with Crippen LogP contribution in [0.4, 0.5) is 4.79 Å². The monoisotopic (exact) mass is 200 g/mol. The molecule has 0 rings (SSSR count). The molecule has 0 fully saturated rings. The molecule has 0 saturated carbocycles. The van der Waals surface area contributed by atoms with Crippen LogP contribution >= 0.6 is 0 Å². The lowest BCUT2D eigenvalue weighted by Crippen LogP contribution is -2.42. The highest BCUT2D eigenvalue weighted by molar-refractivity contribution is 5.74. The summed E-state index contributed by atoms with van der Waals surface area (Å²) < 4.78 is 0. The van der Waals surface area contributed by atoms with Crippen LogP contribution in [-0.4, -0.2) is 18.6 Å². The van der Waals surface area contributed by atoms with E-state index in [2.05, 4.69) is 38.3 Å². The predicted molar refractivity (Wildman–Crippen MR) is 60.4 cm³/mol. The molecule has 0 radical (unpaired) electrons. The fourth-order valence-electron chi connectivity index (χ4n) is 1.20. The van der Waals surface area contributed by atoms with Gasteiger partial charge in [-0.25, -0.2) is 4.79 Å². The predicted octanol–water partition coefficient (Wildman–Crippen LogP) is 2.52. The quantitative estimate of drug-likeness (QED) is 0.679. The lowest BCUT2D eigenvalue weighted by atomic mass is 10.1. The number of carbonyl (C=O) groups is 1.